The molecule has 1 saturated heterocycles. The van der Waals surface area contributed by atoms with Crippen molar-refractivity contribution in [1.82, 2.24) is 24.9 Å². The van der Waals surface area contributed by atoms with Gasteiger partial charge in [-0.2, -0.15) is 0 Å². The molecule has 0 N–H and O–H groups in total. The molecule has 0 spiro atoms. The minimum Gasteiger partial charge on any atom is -0.489 e. The van der Waals surface area contributed by atoms with Gasteiger partial charge in [0.25, 0.3) is 5.91 Å². The predicted octanol–water partition coefficient (Wildman–Crippen LogP) is 0.894. The van der Waals surface area contributed by atoms with Crippen LogP contribution in [0.3, 0.4) is 0 Å². The first-order chi connectivity index (χ1) is 10.2. The molecule has 0 saturated carbocycles. The van der Waals surface area contributed by atoms with Crippen LogP contribution in [0.4, 0.5) is 0 Å². The number of aryl methyl sites for hydroxylation is 1. The Morgan fingerprint density at radius 3 is 2.81 bits per heavy atom. The second kappa shape index (κ2) is 5.90. The predicted molar refractivity (Wildman–Crippen MR) is 74.8 cm³/mol. The summed E-state index contributed by atoms with van der Waals surface area (Å²) in [5.74, 6) is 0.708. The number of nitrogens with zero attached hydrogens (tertiary/aromatic N) is 5. The third-order valence-electron chi connectivity index (χ3n) is 3.49. The zero-order chi connectivity index (χ0) is 14.7. The number of aromatic nitrogens is 4. The van der Waals surface area contributed by atoms with E-state index in [9.17, 15) is 4.79 Å². The zero-order valence-electron chi connectivity index (χ0n) is 11.8. The van der Waals surface area contributed by atoms with Crippen LogP contribution in [-0.2, 0) is 7.05 Å². The van der Waals surface area contributed by atoms with E-state index in [-0.39, 0.29) is 12.0 Å². The van der Waals surface area contributed by atoms with Crippen LogP contribution < -0.4 is 4.74 Å². The Kier molecular flexibility index (Phi) is 3.81. The maximum absolute atomic E-state index is 12.2. The fourth-order valence-corrected chi connectivity index (χ4v) is 2.39. The van der Waals surface area contributed by atoms with Crippen molar-refractivity contribution in [3.05, 3.63) is 36.4 Å². The molecule has 2 aromatic heterocycles. The van der Waals surface area contributed by atoms with Gasteiger partial charge in [-0.3, -0.25) is 14.5 Å². The molecule has 1 aliphatic rings. The number of hydrogen-bond donors (Lipinski definition) is 0. The molecule has 0 atom stereocenters. The van der Waals surface area contributed by atoms with E-state index < -0.39 is 0 Å². The molecular weight excluding hydrogens is 270 g/mol. The molecular formula is C14H17N5O2. The van der Waals surface area contributed by atoms with Gasteiger partial charge in [0.15, 0.2) is 5.69 Å². The highest BCUT2D eigenvalue weighted by Gasteiger charge is 2.26. The smallest absolute Gasteiger partial charge is 0.276 e. The van der Waals surface area contributed by atoms with E-state index in [2.05, 4.69) is 15.3 Å². The maximum Gasteiger partial charge on any atom is 0.276 e. The van der Waals surface area contributed by atoms with E-state index in [1.54, 1.807) is 30.5 Å². The number of pyridine rings is 1. The molecule has 7 nitrogen and oxygen atoms in total. The molecule has 7 heteroatoms. The second-order valence-electron chi connectivity index (χ2n) is 5.08. The van der Waals surface area contributed by atoms with Gasteiger partial charge in [0.1, 0.15) is 11.9 Å². The number of amides is 1. The third kappa shape index (κ3) is 3.18. The molecule has 0 radical (unpaired) electrons. The van der Waals surface area contributed by atoms with Crippen molar-refractivity contribution >= 4 is 5.91 Å². The number of ether oxygens (including phenoxy) is 1. The van der Waals surface area contributed by atoms with Crippen molar-refractivity contribution in [1.29, 1.82) is 0 Å². The van der Waals surface area contributed by atoms with Crippen molar-refractivity contribution in [2.75, 3.05) is 13.1 Å². The number of hydrogen-bond acceptors (Lipinski definition) is 5. The number of rotatable bonds is 3. The summed E-state index contributed by atoms with van der Waals surface area (Å²) in [6, 6.07) is 3.74. The maximum atomic E-state index is 12.2. The van der Waals surface area contributed by atoms with Crippen LogP contribution in [0, 0.1) is 0 Å². The van der Waals surface area contributed by atoms with Crippen LogP contribution in [0.2, 0.25) is 0 Å². The molecule has 0 aliphatic carbocycles. The molecule has 1 aliphatic heterocycles. The van der Waals surface area contributed by atoms with Gasteiger partial charge in [-0.05, 0) is 12.1 Å². The average Bonchev–Trinajstić information content (AvgIpc) is 2.95. The quantitative estimate of drug-likeness (QED) is 0.838. The summed E-state index contributed by atoms with van der Waals surface area (Å²) in [6.07, 6.45) is 6.80. The van der Waals surface area contributed by atoms with Gasteiger partial charge in [-0.25, -0.2) is 0 Å². The molecule has 110 valence electrons. The molecule has 3 rings (SSSR count). The highest BCUT2D eigenvalue weighted by atomic mass is 16.5. The number of carbonyl (C=O) groups is 1. The lowest BCUT2D eigenvalue weighted by molar-refractivity contribution is 0.0589. The van der Waals surface area contributed by atoms with Gasteiger partial charge in [0.05, 0.1) is 12.4 Å². The van der Waals surface area contributed by atoms with Gasteiger partial charge in [-0.1, -0.05) is 5.21 Å². The molecule has 1 fully saturated rings. The van der Waals surface area contributed by atoms with Gasteiger partial charge >= 0.3 is 0 Å². The molecule has 3 heterocycles. The lowest BCUT2D eigenvalue weighted by Crippen LogP contribution is -2.41. The van der Waals surface area contributed by atoms with Crippen LogP contribution >= 0.6 is 0 Å². The summed E-state index contributed by atoms with van der Waals surface area (Å²) in [5.41, 5.74) is 0.393. The average molecular weight is 287 g/mol. The fourth-order valence-electron chi connectivity index (χ4n) is 2.39. The molecule has 0 unspecified atom stereocenters. The Bertz CT molecular complexity index is 605. The van der Waals surface area contributed by atoms with Crippen molar-refractivity contribution in [3.63, 3.8) is 0 Å². The number of piperidine rings is 1. The monoisotopic (exact) mass is 287 g/mol. The Morgan fingerprint density at radius 1 is 1.38 bits per heavy atom. The normalized spacial score (nSPS) is 16.0. The minimum absolute atomic E-state index is 0.0667. The molecule has 0 aromatic carbocycles. The lowest BCUT2D eigenvalue weighted by atomic mass is 10.1. The lowest BCUT2D eigenvalue weighted by Gasteiger charge is -2.31. The van der Waals surface area contributed by atoms with E-state index in [4.69, 9.17) is 4.74 Å². The van der Waals surface area contributed by atoms with Crippen LogP contribution in [-0.4, -0.2) is 50.0 Å². The van der Waals surface area contributed by atoms with E-state index in [0.29, 0.717) is 18.8 Å². The molecule has 0 bridgehead atoms. The summed E-state index contributed by atoms with van der Waals surface area (Å²) in [5, 5.41) is 7.65. The SMILES string of the molecule is Cn1cc(C(=O)N2CCC(Oc3cccnc3)CC2)nn1. The topological polar surface area (TPSA) is 73.1 Å². The fraction of sp³-hybridized carbons (Fsp3) is 0.429. The summed E-state index contributed by atoms with van der Waals surface area (Å²) in [6.45, 7) is 1.33. The van der Waals surface area contributed by atoms with Crippen molar-refractivity contribution in [2.45, 2.75) is 18.9 Å². The Balaban J connectivity index is 1.54. The van der Waals surface area contributed by atoms with Crippen LogP contribution in [0.25, 0.3) is 0 Å². The van der Waals surface area contributed by atoms with Crippen LogP contribution in [0.1, 0.15) is 23.3 Å². The Morgan fingerprint density at radius 2 is 2.19 bits per heavy atom. The third-order valence-corrected chi connectivity index (χ3v) is 3.49. The highest BCUT2D eigenvalue weighted by molar-refractivity contribution is 5.91. The standard InChI is InChI=1S/C14H17N5O2/c1-18-10-13(16-17-18)14(20)19-7-4-11(5-8-19)21-12-3-2-6-15-9-12/h2-3,6,9-11H,4-5,7-8H2,1H3. The summed E-state index contributed by atoms with van der Waals surface area (Å²) in [4.78, 5) is 18.1. The first kappa shape index (κ1) is 13.5. The Labute approximate surface area is 122 Å². The highest BCUT2D eigenvalue weighted by Crippen LogP contribution is 2.18. The van der Waals surface area contributed by atoms with Gasteiger partial charge in [-0.15, -0.1) is 5.10 Å². The van der Waals surface area contributed by atoms with E-state index in [1.165, 1.54) is 4.68 Å². The first-order valence-electron chi connectivity index (χ1n) is 6.94. The van der Waals surface area contributed by atoms with Crippen molar-refractivity contribution < 1.29 is 9.53 Å². The van der Waals surface area contributed by atoms with Crippen LogP contribution in [0.15, 0.2) is 30.7 Å². The van der Waals surface area contributed by atoms with Gasteiger partial charge in [0.2, 0.25) is 0 Å². The van der Waals surface area contributed by atoms with E-state index >= 15 is 0 Å². The zero-order valence-corrected chi connectivity index (χ0v) is 11.8. The van der Waals surface area contributed by atoms with Crippen molar-refractivity contribution in [2.24, 2.45) is 7.05 Å². The van der Waals surface area contributed by atoms with Crippen molar-refractivity contribution in [3.8, 4) is 5.75 Å². The molecule has 2 aromatic rings. The number of carbonyl (C=O) groups excluding carboxylic acids is 1. The van der Waals surface area contributed by atoms with Gasteiger partial charge < -0.3 is 9.64 Å². The summed E-state index contributed by atoms with van der Waals surface area (Å²) < 4.78 is 7.39. The summed E-state index contributed by atoms with van der Waals surface area (Å²) in [7, 11) is 1.75. The second-order valence-corrected chi connectivity index (χ2v) is 5.08. The van der Waals surface area contributed by atoms with E-state index in [0.717, 1.165) is 18.6 Å². The largest absolute Gasteiger partial charge is 0.489 e. The summed E-state index contributed by atoms with van der Waals surface area (Å²) >= 11 is 0. The van der Waals surface area contributed by atoms with Crippen LogP contribution in [0.5, 0.6) is 5.75 Å². The van der Waals surface area contributed by atoms with Gasteiger partial charge in [0, 0.05) is 39.2 Å². The Hall–Kier alpha value is -2.44. The molecule has 1 amide bonds. The first-order valence-corrected chi connectivity index (χ1v) is 6.94. The minimum atomic E-state index is -0.0667. The molecule has 21 heavy (non-hydrogen) atoms. The van der Waals surface area contributed by atoms with E-state index in [1.807, 2.05) is 12.1 Å². The number of likely N-dealkylation sites (tertiary alicyclic amines) is 1.